The van der Waals surface area contributed by atoms with E-state index in [-0.39, 0.29) is 0 Å². The average Bonchev–Trinajstić information content (AvgIpc) is 2.47. The van der Waals surface area contributed by atoms with Gasteiger partial charge in [-0.1, -0.05) is 60.2 Å². The van der Waals surface area contributed by atoms with E-state index in [4.69, 9.17) is 0 Å². The third-order valence-corrected chi connectivity index (χ3v) is 3.79. The van der Waals surface area contributed by atoms with Gasteiger partial charge in [0.25, 0.3) is 0 Å². The lowest BCUT2D eigenvalue weighted by Crippen LogP contribution is -2.34. The van der Waals surface area contributed by atoms with E-state index in [2.05, 4.69) is 49.9 Å². The lowest BCUT2D eigenvalue weighted by molar-refractivity contribution is 0.0908. The number of rotatable bonds is 6. The van der Waals surface area contributed by atoms with Gasteiger partial charge in [-0.3, -0.25) is 4.90 Å². The van der Waals surface area contributed by atoms with Gasteiger partial charge in [0, 0.05) is 19.1 Å². The summed E-state index contributed by atoms with van der Waals surface area (Å²) in [5.41, 5.74) is 3.55. The van der Waals surface area contributed by atoms with E-state index in [1.165, 1.54) is 11.1 Å². The second kappa shape index (κ2) is 7.39. The second-order valence-corrected chi connectivity index (χ2v) is 5.94. The van der Waals surface area contributed by atoms with E-state index in [0.29, 0.717) is 12.6 Å². The van der Waals surface area contributed by atoms with Crippen molar-refractivity contribution < 1.29 is 5.11 Å². The Labute approximate surface area is 128 Å². The normalized spacial score (nSPS) is 12.9. The van der Waals surface area contributed by atoms with Crippen LogP contribution in [0.5, 0.6) is 0 Å². The zero-order chi connectivity index (χ0) is 15.2. The lowest BCUT2D eigenvalue weighted by atomic mass is 10.1. The maximum absolute atomic E-state index is 10.4. The number of aliphatic hydroxyl groups is 1. The Morgan fingerprint density at radius 3 is 2.33 bits per heavy atom. The van der Waals surface area contributed by atoms with E-state index >= 15 is 0 Å². The highest BCUT2D eigenvalue weighted by Crippen LogP contribution is 2.17. The predicted molar refractivity (Wildman–Crippen MR) is 88.1 cm³/mol. The molecule has 2 rings (SSSR count). The largest absolute Gasteiger partial charge is 0.387 e. The first-order valence-electron chi connectivity index (χ1n) is 7.59. The molecule has 2 nitrogen and oxygen atoms in total. The summed E-state index contributed by atoms with van der Waals surface area (Å²) in [5.74, 6) is 0. The number of hydrogen-bond acceptors (Lipinski definition) is 2. The van der Waals surface area contributed by atoms with Crippen LogP contribution in [0.2, 0.25) is 0 Å². The molecule has 2 heteroatoms. The minimum Gasteiger partial charge on any atom is -0.387 e. The average molecular weight is 283 g/mol. The van der Waals surface area contributed by atoms with Crippen LogP contribution in [0.4, 0.5) is 0 Å². The third kappa shape index (κ3) is 4.69. The number of benzene rings is 2. The first kappa shape index (κ1) is 15.7. The Kier molecular flexibility index (Phi) is 5.54. The van der Waals surface area contributed by atoms with Gasteiger partial charge in [0.15, 0.2) is 0 Å². The van der Waals surface area contributed by atoms with E-state index in [1.807, 2.05) is 30.3 Å². The van der Waals surface area contributed by atoms with Crippen molar-refractivity contribution >= 4 is 0 Å². The molecule has 0 spiro atoms. The molecule has 0 saturated heterocycles. The topological polar surface area (TPSA) is 23.5 Å². The summed E-state index contributed by atoms with van der Waals surface area (Å²) in [6.07, 6.45) is -0.446. The van der Waals surface area contributed by atoms with Crippen LogP contribution in [-0.4, -0.2) is 22.6 Å². The summed E-state index contributed by atoms with van der Waals surface area (Å²) in [6, 6.07) is 18.8. The molecule has 112 valence electrons. The fraction of sp³-hybridized carbons (Fsp3) is 0.368. The summed E-state index contributed by atoms with van der Waals surface area (Å²) in [7, 11) is 0. The fourth-order valence-electron chi connectivity index (χ4n) is 2.51. The summed E-state index contributed by atoms with van der Waals surface area (Å²) in [5, 5.41) is 10.4. The molecule has 0 heterocycles. The van der Waals surface area contributed by atoms with Gasteiger partial charge >= 0.3 is 0 Å². The first-order chi connectivity index (χ1) is 10.1. The number of nitrogens with zero attached hydrogens (tertiary/aromatic N) is 1. The Morgan fingerprint density at radius 1 is 1.00 bits per heavy atom. The van der Waals surface area contributed by atoms with Gasteiger partial charge in [-0.15, -0.1) is 0 Å². The number of aryl methyl sites for hydroxylation is 1. The Balaban J connectivity index is 2.06. The molecule has 0 bridgehead atoms. The quantitative estimate of drug-likeness (QED) is 0.868. The van der Waals surface area contributed by atoms with Crippen molar-refractivity contribution in [3.63, 3.8) is 0 Å². The molecule has 0 aliphatic heterocycles. The van der Waals surface area contributed by atoms with Gasteiger partial charge in [-0.25, -0.2) is 0 Å². The molecule has 1 atom stereocenters. The summed E-state index contributed by atoms with van der Waals surface area (Å²) >= 11 is 0. The molecule has 0 aliphatic carbocycles. The van der Waals surface area contributed by atoms with Crippen LogP contribution in [0.15, 0.2) is 54.6 Å². The Morgan fingerprint density at radius 2 is 1.71 bits per heavy atom. The molecule has 0 fully saturated rings. The van der Waals surface area contributed by atoms with Crippen LogP contribution in [0, 0.1) is 6.92 Å². The smallest absolute Gasteiger partial charge is 0.0917 e. The van der Waals surface area contributed by atoms with Crippen molar-refractivity contribution in [1.82, 2.24) is 4.90 Å². The minimum atomic E-state index is -0.446. The van der Waals surface area contributed by atoms with Gasteiger partial charge in [-0.2, -0.15) is 0 Å². The molecule has 2 aromatic carbocycles. The van der Waals surface area contributed by atoms with Gasteiger partial charge in [0.05, 0.1) is 6.10 Å². The first-order valence-corrected chi connectivity index (χ1v) is 7.59. The molecule has 1 unspecified atom stereocenters. The minimum absolute atomic E-state index is 0.392. The van der Waals surface area contributed by atoms with Crippen molar-refractivity contribution in [3.05, 3.63) is 71.3 Å². The van der Waals surface area contributed by atoms with E-state index in [1.54, 1.807) is 0 Å². The number of aliphatic hydroxyl groups excluding tert-OH is 1. The molecular weight excluding hydrogens is 258 g/mol. The van der Waals surface area contributed by atoms with Crippen molar-refractivity contribution in [3.8, 4) is 0 Å². The molecule has 0 aliphatic rings. The maximum Gasteiger partial charge on any atom is 0.0917 e. The number of hydrogen-bond donors (Lipinski definition) is 1. The molecular formula is C19H25NO. The third-order valence-electron chi connectivity index (χ3n) is 3.79. The molecule has 0 amide bonds. The summed E-state index contributed by atoms with van der Waals surface area (Å²) < 4.78 is 0. The molecule has 2 aromatic rings. The maximum atomic E-state index is 10.4. The standard InChI is InChI=1S/C19H25NO/c1-15(2)20(13-17-9-7-8-16(3)12-17)14-19(21)18-10-5-4-6-11-18/h4-12,15,19,21H,13-14H2,1-3H3. The van der Waals surface area contributed by atoms with Crippen molar-refractivity contribution in [2.45, 2.75) is 39.5 Å². The SMILES string of the molecule is Cc1cccc(CN(CC(O)c2ccccc2)C(C)C)c1. The van der Waals surface area contributed by atoms with Crippen LogP contribution in [0.25, 0.3) is 0 Å². The van der Waals surface area contributed by atoms with Gasteiger partial charge in [-0.05, 0) is 31.9 Å². The molecule has 0 saturated carbocycles. The van der Waals surface area contributed by atoms with E-state index in [9.17, 15) is 5.11 Å². The van der Waals surface area contributed by atoms with Crippen LogP contribution >= 0.6 is 0 Å². The molecule has 21 heavy (non-hydrogen) atoms. The predicted octanol–water partition coefficient (Wildman–Crippen LogP) is 3.94. The van der Waals surface area contributed by atoms with Crippen LogP contribution in [-0.2, 0) is 6.54 Å². The molecule has 1 N–H and O–H groups in total. The van der Waals surface area contributed by atoms with Gasteiger partial charge in [0.2, 0.25) is 0 Å². The van der Waals surface area contributed by atoms with Crippen molar-refractivity contribution in [2.24, 2.45) is 0 Å². The zero-order valence-electron chi connectivity index (χ0n) is 13.2. The van der Waals surface area contributed by atoms with Crippen molar-refractivity contribution in [2.75, 3.05) is 6.54 Å². The highest BCUT2D eigenvalue weighted by Gasteiger charge is 2.16. The van der Waals surface area contributed by atoms with Gasteiger partial charge in [0.1, 0.15) is 0 Å². The van der Waals surface area contributed by atoms with Crippen molar-refractivity contribution in [1.29, 1.82) is 0 Å². The zero-order valence-corrected chi connectivity index (χ0v) is 13.2. The summed E-state index contributed by atoms with van der Waals surface area (Å²) in [4.78, 5) is 2.31. The fourth-order valence-corrected chi connectivity index (χ4v) is 2.51. The van der Waals surface area contributed by atoms with Crippen LogP contribution < -0.4 is 0 Å². The van der Waals surface area contributed by atoms with E-state index in [0.717, 1.165) is 12.1 Å². The second-order valence-electron chi connectivity index (χ2n) is 5.94. The van der Waals surface area contributed by atoms with Crippen LogP contribution in [0.1, 0.15) is 36.6 Å². The molecule has 0 aromatic heterocycles. The Hall–Kier alpha value is -1.64. The monoisotopic (exact) mass is 283 g/mol. The summed E-state index contributed by atoms with van der Waals surface area (Å²) in [6.45, 7) is 7.97. The highest BCUT2D eigenvalue weighted by atomic mass is 16.3. The van der Waals surface area contributed by atoms with Crippen LogP contribution in [0.3, 0.4) is 0 Å². The molecule has 0 radical (unpaired) electrons. The van der Waals surface area contributed by atoms with Gasteiger partial charge < -0.3 is 5.11 Å². The highest BCUT2D eigenvalue weighted by molar-refractivity contribution is 5.22. The Bertz CT molecular complexity index is 551. The lowest BCUT2D eigenvalue weighted by Gasteiger charge is -2.29. The van der Waals surface area contributed by atoms with E-state index < -0.39 is 6.10 Å².